The van der Waals surface area contributed by atoms with Crippen molar-refractivity contribution in [3.63, 3.8) is 0 Å². The quantitative estimate of drug-likeness (QED) is 0.813. The lowest BCUT2D eigenvalue weighted by Gasteiger charge is -2.03. The summed E-state index contributed by atoms with van der Waals surface area (Å²) in [5.41, 5.74) is 7.77. The Balaban J connectivity index is 2.10. The topological polar surface area (TPSA) is 38.9 Å². The summed E-state index contributed by atoms with van der Waals surface area (Å²) in [6.45, 7) is 1.97. The Bertz CT molecular complexity index is 542. The fourth-order valence-corrected chi connectivity index (χ4v) is 4.17. The number of thioether (sulfide) groups is 1. The molecule has 0 spiro atoms. The van der Waals surface area contributed by atoms with Gasteiger partial charge in [-0.05, 0) is 24.6 Å². The van der Waals surface area contributed by atoms with Gasteiger partial charge in [-0.3, -0.25) is 0 Å². The highest BCUT2D eigenvalue weighted by Crippen LogP contribution is 2.34. The second-order valence-electron chi connectivity index (χ2n) is 3.45. The van der Waals surface area contributed by atoms with Gasteiger partial charge in [-0.2, -0.15) is 0 Å². The van der Waals surface area contributed by atoms with Crippen molar-refractivity contribution in [2.24, 2.45) is 0 Å². The van der Waals surface area contributed by atoms with E-state index in [2.05, 4.69) is 20.9 Å². The van der Waals surface area contributed by atoms with Crippen molar-refractivity contribution >= 4 is 55.8 Å². The summed E-state index contributed by atoms with van der Waals surface area (Å²) >= 11 is 12.8. The van der Waals surface area contributed by atoms with Gasteiger partial charge in [0.25, 0.3) is 0 Å². The average Bonchev–Trinajstić information content (AvgIpc) is 2.56. The van der Waals surface area contributed by atoms with Crippen molar-refractivity contribution in [1.29, 1.82) is 0 Å². The second kappa shape index (κ2) is 5.61. The third-order valence-corrected chi connectivity index (χ3v) is 5.39. The summed E-state index contributed by atoms with van der Waals surface area (Å²) < 4.78 is 2.15. The first-order chi connectivity index (χ1) is 8.06. The zero-order valence-corrected chi connectivity index (χ0v) is 13.0. The monoisotopic (exact) mass is 348 g/mol. The van der Waals surface area contributed by atoms with E-state index in [1.165, 1.54) is 11.3 Å². The number of halogens is 2. The highest BCUT2D eigenvalue weighted by molar-refractivity contribution is 9.10. The van der Waals surface area contributed by atoms with E-state index in [1.807, 2.05) is 25.1 Å². The number of thiazole rings is 1. The first-order valence-electron chi connectivity index (χ1n) is 4.86. The van der Waals surface area contributed by atoms with E-state index in [0.29, 0.717) is 5.13 Å². The predicted molar refractivity (Wildman–Crippen MR) is 80.0 cm³/mol. The normalized spacial score (nSPS) is 10.8. The fraction of sp³-hybridized carbons (Fsp3) is 0.182. The van der Waals surface area contributed by atoms with Gasteiger partial charge in [0, 0.05) is 15.2 Å². The minimum atomic E-state index is 0.618. The molecule has 6 heteroatoms. The van der Waals surface area contributed by atoms with Crippen LogP contribution in [0.4, 0.5) is 5.13 Å². The highest BCUT2D eigenvalue weighted by Gasteiger charge is 2.08. The molecule has 0 aliphatic carbocycles. The van der Waals surface area contributed by atoms with Crippen LogP contribution >= 0.6 is 50.6 Å². The van der Waals surface area contributed by atoms with E-state index in [0.717, 1.165) is 30.7 Å². The van der Waals surface area contributed by atoms with Crippen molar-refractivity contribution in [3.05, 3.63) is 39.0 Å². The van der Waals surface area contributed by atoms with Crippen LogP contribution < -0.4 is 5.73 Å². The van der Waals surface area contributed by atoms with Crippen LogP contribution in [0.15, 0.2) is 26.9 Å². The molecule has 0 saturated carbocycles. The smallest absolute Gasteiger partial charge is 0.181 e. The molecule has 2 rings (SSSR count). The van der Waals surface area contributed by atoms with Crippen LogP contribution in [0, 0.1) is 6.92 Å². The molecule has 0 atom stereocenters. The van der Waals surface area contributed by atoms with Crippen molar-refractivity contribution in [3.8, 4) is 0 Å². The number of hydrogen-bond acceptors (Lipinski definition) is 4. The van der Waals surface area contributed by atoms with Crippen LogP contribution in [-0.2, 0) is 5.75 Å². The van der Waals surface area contributed by atoms with Gasteiger partial charge in [0.05, 0.1) is 9.90 Å². The summed E-state index contributed by atoms with van der Waals surface area (Å²) in [7, 11) is 0. The fourth-order valence-electron chi connectivity index (χ4n) is 1.32. The largest absolute Gasteiger partial charge is 0.375 e. The van der Waals surface area contributed by atoms with E-state index >= 15 is 0 Å². The van der Waals surface area contributed by atoms with Crippen molar-refractivity contribution in [1.82, 2.24) is 4.98 Å². The van der Waals surface area contributed by atoms with Gasteiger partial charge in [-0.1, -0.05) is 44.9 Å². The first-order valence-corrected chi connectivity index (χ1v) is 7.83. The molecule has 2 aromatic rings. The summed E-state index contributed by atoms with van der Waals surface area (Å²) in [5.74, 6) is 0.828. The third kappa shape index (κ3) is 3.37. The molecule has 0 saturated heterocycles. The lowest BCUT2D eigenvalue weighted by atomic mass is 10.2. The van der Waals surface area contributed by atoms with Crippen LogP contribution in [0.2, 0.25) is 5.02 Å². The van der Waals surface area contributed by atoms with E-state index in [9.17, 15) is 0 Å². The van der Waals surface area contributed by atoms with Crippen LogP contribution in [0.1, 0.15) is 11.3 Å². The highest BCUT2D eigenvalue weighted by atomic mass is 79.9. The van der Waals surface area contributed by atoms with Gasteiger partial charge in [0.1, 0.15) is 0 Å². The van der Waals surface area contributed by atoms with Gasteiger partial charge in [0.2, 0.25) is 0 Å². The Morgan fingerprint density at radius 1 is 1.53 bits per heavy atom. The molecule has 2 nitrogen and oxygen atoms in total. The molecule has 0 amide bonds. The standard InChI is InChI=1S/C11H10BrClN2S2/c1-6-10(17-11(14)15-6)16-5-7-2-3-8(12)4-9(7)13/h2-4H,5H2,1H3,(H2,14,15). The first kappa shape index (κ1) is 13.2. The molecule has 0 radical (unpaired) electrons. The number of aryl methyl sites for hydroxylation is 1. The maximum atomic E-state index is 6.16. The summed E-state index contributed by atoms with van der Waals surface area (Å²) in [4.78, 5) is 4.19. The lowest BCUT2D eigenvalue weighted by Crippen LogP contribution is -1.83. The Hall–Kier alpha value is -0.230. The van der Waals surface area contributed by atoms with Gasteiger partial charge in [0.15, 0.2) is 5.13 Å². The zero-order chi connectivity index (χ0) is 12.4. The zero-order valence-electron chi connectivity index (χ0n) is 9.04. The molecule has 0 fully saturated rings. The Kier molecular flexibility index (Phi) is 4.36. The molecular formula is C11H10BrClN2S2. The molecule has 1 aromatic heterocycles. The van der Waals surface area contributed by atoms with E-state index in [1.54, 1.807) is 11.8 Å². The van der Waals surface area contributed by atoms with E-state index in [4.69, 9.17) is 17.3 Å². The maximum Gasteiger partial charge on any atom is 0.181 e. The van der Waals surface area contributed by atoms with Crippen LogP contribution in [0.25, 0.3) is 0 Å². The molecule has 2 N–H and O–H groups in total. The maximum absolute atomic E-state index is 6.16. The Morgan fingerprint density at radius 2 is 2.29 bits per heavy atom. The number of rotatable bonds is 3. The number of aromatic nitrogens is 1. The molecule has 17 heavy (non-hydrogen) atoms. The van der Waals surface area contributed by atoms with Crippen molar-refractivity contribution < 1.29 is 0 Å². The minimum absolute atomic E-state index is 0.618. The number of nitrogen functional groups attached to an aromatic ring is 1. The number of nitrogens with two attached hydrogens (primary N) is 1. The second-order valence-corrected chi connectivity index (χ2v) is 7.05. The average molecular weight is 350 g/mol. The van der Waals surface area contributed by atoms with Gasteiger partial charge < -0.3 is 5.73 Å². The Labute approximate surface area is 122 Å². The van der Waals surface area contributed by atoms with Crippen molar-refractivity contribution in [2.75, 3.05) is 5.73 Å². The number of benzene rings is 1. The molecule has 0 bridgehead atoms. The number of hydrogen-bond donors (Lipinski definition) is 1. The van der Waals surface area contributed by atoms with Gasteiger partial charge in [-0.25, -0.2) is 4.98 Å². The molecule has 0 aliphatic rings. The van der Waals surface area contributed by atoms with Crippen LogP contribution in [0.3, 0.4) is 0 Å². The summed E-state index contributed by atoms with van der Waals surface area (Å²) in [6, 6.07) is 5.93. The summed E-state index contributed by atoms with van der Waals surface area (Å²) in [6.07, 6.45) is 0. The number of anilines is 1. The molecular weight excluding hydrogens is 340 g/mol. The summed E-state index contributed by atoms with van der Waals surface area (Å²) in [5, 5.41) is 1.40. The van der Waals surface area contributed by atoms with Crippen molar-refractivity contribution in [2.45, 2.75) is 16.9 Å². The van der Waals surface area contributed by atoms with E-state index in [-0.39, 0.29) is 0 Å². The SMILES string of the molecule is Cc1nc(N)sc1SCc1ccc(Br)cc1Cl. The van der Waals surface area contributed by atoms with Gasteiger partial charge in [-0.15, -0.1) is 11.8 Å². The van der Waals surface area contributed by atoms with E-state index < -0.39 is 0 Å². The minimum Gasteiger partial charge on any atom is -0.375 e. The van der Waals surface area contributed by atoms with Crippen LogP contribution in [0.5, 0.6) is 0 Å². The number of nitrogens with zero attached hydrogens (tertiary/aromatic N) is 1. The van der Waals surface area contributed by atoms with Gasteiger partial charge >= 0.3 is 0 Å². The lowest BCUT2D eigenvalue weighted by molar-refractivity contribution is 1.21. The molecule has 0 unspecified atom stereocenters. The molecule has 0 aliphatic heterocycles. The molecule has 1 heterocycles. The molecule has 90 valence electrons. The Morgan fingerprint density at radius 3 is 2.88 bits per heavy atom. The van der Waals surface area contributed by atoms with Crippen LogP contribution in [-0.4, -0.2) is 4.98 Å². The third-order valence-electron chi connectivity index (χ3n) is 2.14. The predicted octanol–water partition coefficient (Wildman–Crippen LogP) is 4.74. The molecule has 1 aromatic carbocycles.